The van der Waals surface area contributed by atoms with E-state index in [-0.39, 0.29) is 18.2 Å². The number of nitrogens with one attached hydrogen (secondary N) is 1. The lowest BCUT2D eigenvalue weighted by molar-refractivity contribution is 0.145. The largest absolute Gasteiger partial charge is 0.494 e. The molecule has 3 aromatic rings. The highest BCUT2D eigenvalue weighted by molar-refractivity contribution is 5.80. The monoisotopic (exact) mass is 444 g/mol. The fraction of sp³-hybridized carbons (Fsp3) is 0.545. The van der Waals surface area contributed by atoms with Gasteiger partial charge < -0.3 is 19.6 Å². The van der Waals surface area contributed by atoms with Crippen LogP contribution in [-0.2, 0) is 17.8 Å². The molecule has 32 heavy (non-hydrogen) atoms. The lowest BCUT2D eigenvalue weighted by atomic mass is 10.1. The van der Waals surface area contributed by atoms with Crippen molar-refractivity contribution in [3.05, 3.63) is 46.0 Å². The van der Waals surface area contributed by atoms with Crippen LogP contribution in [0.5, 0.6) is 5.75 Å². The SMILES string of the molecule is CCOc1ccc2[nH]c(=O)c(CN(CCCO)C(CC)c3nnnn3CCOC)cc2c1. The number of ether oxygens (including phenoxy) is 2. The Balaban J connectivity index is 1.93. The third-order valence-corrected chi connectivity index (χ3v) is 5.37. The van der Waals surface area contributed by atoms with Gasteiger partial charge >= 0.3 is 0 Å². The number of hydrogen-bond donors (Lipinski definition) is 2. The maximum atomic E-state index is 12.8. The highest BCUT2D eigenvalue weighted by atomic mass is 16.5. The number of nitrogens with zero attached hydrogens (tertiary/aromatic N) is 5. The van der Waals surface area contributed by atoms with Crippen LogP contribution < -0.4 is 10.3 Å². The molecule has 1 unspecified atom stereocenters. The number of methoxy groups -OCH3 is 1. The van der Waals surface area contributed by atoms with Gasteiger partial charge in [-0.3, -0.25) is 9.69 Å². The third-order valence-electron chi connectivity index (χ3n) is 5.37. The lowest BCUT2D eigenvalue weighted by Crippen LogP contribution is -2.34. The van der Waals surface area contributed by atoms with Crippen LogP contribution in [0, 0.1) is 0 Å². The van der Waals surface area contributed by atoms with Crippen molar-refractivity contribution in [3.63, 3.8) is 0 Å². The number of aromatic nitrogens is 5. The molecule has 0 aliphatic carbocycles. The van der Waals surface area contributed by atoms with Gasteiger partial charge in [-0.2, -0.15) is 0 Å². The van der Waals surface area contributed by atoms with Crippen molar-refractivity contribution < 1.29 is 14.6 Å². The van der Waals surface area contributed by atoms with Crippen molar-refractivity contribution in [2.24, 2.45) is 0 Å². The number of benzene rings is 1. The van der Waals surface area contributed by atoms with E-state index >= 15 is 0 Å². The molecule has 0 aliphatic rings. The summed E-state index contributed by atoms with van der Waals surface area (Å²) in [7, 11) is 1.64. The summed E-state index contributed by atoms with van der Waals surface area (Å²) in [5.74, 6) is 1.48. The maximum Gasteiger partial charge on any atom is 0.252 e. The Hall–Kier alpha value is -2.82. The number of fused-ring (bicyclic) bond motifs is 1. The number of hydrogen-bond acceptors (Lipinski definition) is 8. The summed E-state index contributed by atoms with van der Waals surface area (Å²) in [6.07, 6.45) is 1.33. The molecule has 0 saturated carbocycles. The van der Waals surface area contributed by atoms with Crippen molar-refractivity contribution >= 4 is 10.9 Å². The zero-order valence-corrected chi connectivity index (χ0v) is 19.0. The molecule has 2 heterocycles. The lowest BCUT2D eigenvalue weighted by Gasteiger charge is -2.30. The van der Waals surface area contributed by atoms with Gasteiger partial charge in [0, 0.05) is 43.3 Å². The molecule has 10 heteroatoms. The van der Waals surface area contributed by atoms with E-state index in [0.29, 0.717) is 44.8 Å². The van der Waals surface area contributed by atoms with Crippen LogP contribution >= 0.6 is 0 Å². The molecular weight excluding hydrogens is 412 g/mol. The van der Waals surface area contributed by atoms with Gasteiger partial charge in [0.15, 0.2) is 5.82 Å². The summed E-state index contributed by atoms with van der Waals surface area (Å²) < 4.78 is 12.5. The van der Waals surface area contributed by atoms with Crippen molar-refractivity contribution in [1.82, 2.24) is 30.1 Å². The first-order valence-corrected chi connectivity index (χ1v) is 11.0. The van der Waals surface area contributed by atoms with Crippen LogP contribution in [0.15, 0.2) is 29.1 Å². The maximum absolute atomic E-state index is 12.8. The molecule has 174 valence electrons. The minimum absolute atomic E-state index is 0.0628. The topological polar surface area (TPSA) is 118 Å². The Morgan fingerprint density at radius 2 is 2.12 bits per heavy atom. The average Bonchev–Trinajstić information content (AvgIpc) is 3.25. The summed E-state index contributed by atoms with van der Waals surface area (Å²) in [6.45, 7) is 6.68. The summed E-state index contributed by atoms with van der Waals surface area (Å²) in [6, 6.07) is 7.43. The van der Waals surface area contributed by atoms with Crippen molar-refractivity contribution in [2.45, 2.75) is 45.8 Å². The fourth-order valence-electron chi connectivity index (χ4n) is 3.83. The van der Waals surface area contributed by atoms with Gasteiger partial charge in [-0.05, 0) is 54.5 Å². The van der Waals surface area contributed by atoms with Gasteiger partial charge in [0.25, 0.3) is 5.56 Å². The highest BCUT2D eigenvalue weighted by Gasteiger charge is 2.25. The van der Waals surface area contributed by atoms with E-state index in [4.69, 9.17) is 9.47 Å². The molecule has 0 aliphatic heterocycles. The molecule has 0 saturated heterocycles. The summed E-state index contributed by atoms with van der Waals surface area (Å²) in [4.78, 5) is 18.0. The molecule has 1 aromatic carbocycles. The van der Waals surface area contributed by atoms with Gasteiger partial charge in [0.05, 0.1) is 25.8 Å². The van der Waals surface area contributed by atoms with E-state index < -0.39 is 0 Å². The van der Waals surface area contributed by atoms with Crippen LogP contribution in [0.4, 0.5) is 0 Å². The normalized spacial score (nSPS) is 12.5. The number of aliphatic hydroxyl groups is 1. The predicted octanol–water partition coefficient (Wildman–Crippen LogP) is 1.90. The second-order valence-corrected chi connectivity index (χ2v) is 7.53. The van der Waals surface area contributed by atoms with Gasteiger partial charge in [0.1, 0.15) is 5.75 Å². The van der Waals surface area contributed by atoms with Crippen molar-refractivity contribution in [3.8, 4) is 5.75 Å². The summed E-state index contributed by atoms with van der Waals surface area (Å²) in [5.41, 5.74) is 1.27. The van der Waals surface area contributed by atoms with Gasteiger partial charge in [-0.25, -0.2) is 4.68 Å². The molecule has 3 rings (SSSR count). The van der Waals surface area contributed by atoms with Gasteiger partial charge in [-0.1, -0.05) is 6.92 Å². The van der Waals surface area contributed by atoms with E-state index in [1.165, 1.54) is 0 Å². The fourth-order valence-corrected chi connectivity index (χ4v) is 3.83. The second-order valence-electron chi connectivity index (χ2n) is 7.53. The van der Waals surface area contributed by atoms with E-state index in [1.807, 2.05) is 31.2 Å². The van der Waals surface area contributed by atoms with Crippen LogP contribution in [0.1, 0.15) is 44.1 Å². The first-order chi connectivity index (χ1) is 15.6. The highest BCUT2D eigenvalue weighted by Crippen LogP contribution is 2.25. The molecular formula is C22H32N6O4. The van der Waals surface area contributed by atoms with Crippen LogP contribution in [-0.4, -0.2) is 68.7 Å². The third kappa shape index (κ3) is 5.70. The molecule has 1 atom stereocenters. The Morgan fingerprint density at radius 3 is 2.84 bits per heavy atom. The van der Waals surface area contributed by atoms with E-state index in [0.717, 1.165) is 28.9 Å². The minimum Gasteiger partial charge on any atom is -0.494 e. The standard InChI is InChI=1S/C22H32N6O4/c1-4-20(21-24-25-26-28(21)10-12-31-3)27(9-6-11-29)15-17-13-16-14-18(32-5-2)7-8-19(16)23-22(17)30/h7-8,13-14,20,29H,4-6,9-12,15H2,1-3H3,(H,23,30). The van der Waals surface area contributed by atoms with Crippen LogP contribution in [0.25, 0.3) is 10.9 Å². The molecule has 2 N–H and O–H groups in total. The van der Waals surface area contributed by atoms with Gasteiger partial charge in [-0.15, -0.1) is 5.10 Å². The second kappa shape index (κ2) is 11.7. The molecule has 0 spiro atoms. The number of aromatic amines is 1. The van der Waals surface area contributed by atoms with Crippen molar-refractivity contribution in [1.29, 1.82) is 0 Å². The number of rotatable bonds is 13. The number of aliphatic hydroxyl groups excluding tert-OH is 1. The van der Waals surface area contributed by atoms with E-state index in [2.05, 4.69) is 32.3 Å². The number of pyridine rings is 1. The van der Waals surface area contributed by atoms with Crippen LogP contribution in [0.3, 0.4) is 0 Å². The first-order valence-electron chi connectivity index (χ1n) is 11.0. The molecule has 0 bridgehead atoms. The number of tetrazole rings is 1. The number of H-pyrrole nitrogens is 1. The Morgan fingerprint density at radius 1 is 1.28 bits per heavy atom. The summed E-state index contributed by atoms with van der Waals surface area (Å²) in [5, 5.41) is 22.6. The zero-order valence-electron chi connectivity index (χ0n) is 19.0. The average molecular weight is 445 g/mol. The first kappa shape index (κ1) is 23.8. The molecule has 0 fully saturated rings. The Labute approximate surface area is 187 Å². The molecule has 0 radical (unpaired) electrons. The van der Waals surface area contributed by atoms with E-state index in [9.17, 15) is 9.90 Å². The smallest absolute Gasteiger partial charge is 0.252 e. The Bertz CT molecular complexity index is 1050. The van der Waals surface area contributed by atoms with E-state index in [1.54, 1.807) is 11.8 Å². The van der Waals surface area contributed by atoms with Crippen molar-refractivity contribution in [2.75, 3.05) is 33.5 Å². The predicted molar refractivity (Wildman–Crippen MR) is 121 cm³/mol. The zero-order chi connectivity index (χ0) is 22.9. The molecule has 0 amide bonds. The quantitative estimate of drug-likeness (QED) is 0.410. The molecule has 2 aromatic heterocycles. The minimum atomic E-state index is -0.135. The molecule has 10 nitrogen and oxygen atoms in total. The summed E-state index contributed by atoms with van der Waals surface area (Å²) >= 11 is 0. The van der Waals surface area contributed by atoms with Crippen LogP contribution in [0.2, 0.25) is 0 Å². The Kier molecular flexibility index (Phi) is 8.72. The van der Waals surface area contributed by atoms with Gasteiger partial charge in [0.2, 0.25) is 0 Å².